The molecule has 0 aliphatic carbocycles. The number of hydrogen-bond acceptors (Lipinski definition) is 6. The van der Waals surface area contributed by atoms with Gasteiger partial charge in [-0.25, -0.2) is 15.0 Å². The first-order valence-corrected chi connectivity index (χ1v) is 8.85. The molecule has 138 valence electrons. The lowest BCUT2D eigenvalue weighted by molar-refractivity contribution is 0.0735. The summed E-state index contributed by atoms with van der Waals surface area (Å²) in [6, 6.07) is 11.5. The third-order valence-corrected chi connectivity index (χ3v) is 5.15. The average Bonchev–Trinajstić information content (AvgIpc) is 2.99. The lowest BCUT2D eigenvalue weighted by atomic mass is 10.2. The fourth-order valence-corrected chi connectivity index (χ4v) is 3.70. The summed E-state index contributed by atoms with van der Waals surface area (Å²) in [6.07, 6.45) is 1.38. The second-order valence-corrected chi connectivity index (χ2v) is 6.71. The fraction of sp³-hybridized carbons (Fsp3) is 0.0556. The quantitative estimate of drug-likeness (QED) is 0.293. The third kappa shape index (κ3) is 4.18. The minimum absolute atomic E-state index is 0.232. The van der Waals surface area contributed by atoms with Gasteiger partial charge in [0.25, 0.3) is 0 Å². The van der Waals surface area contributed by atoms with E-state index in [1.807, 2.05) is 24.3 Å². The van der Waals surface area contributed by atoms with Gasteiger partial charge in [0.1, 0.15) is 4.88 Å². The fourth-order valence-electron chi connectivity index (χ4n) is 2.31. The van der Waals surface area contributed by atoms with Gasteiger partial charge in [-0.3, -0.25) is 0 Å². The summed E-state index contributed by atoms with van der Waals surface area (Å²) < 4.78 is 11.6. The number of esters is 1. The number of rotatable bonds is 5. The van der Waals surface area contributed by atoms with Crippen LogP contribution < -0.4 is 20.6 Å². The van der Waals surface area contributed by atoms with Crippen molar-refractivity contribution in [1.82, 2.24) is 5.43 Å². The van der Waals surface area contributed by atoms with E-state index in [9.17, 15) is 9.59 Å². The maximum absolute atomic E-state index is 12.6. The SMILES string of the molecule is COc1cc(/C=N/NC(N)=O)ccc1OC(=O)c1sc2ccccc2c1Cl. The van der Waals surface area contributed by atoms with Crippen LogP contribution in [0.2, 0.25) is 5.02 Å². The van der Waals surface area contributed by atoms with E-state index in [0.29, 0.717) is 21.2 Å². The van der Waals surface area contributed by atoms with E-state index in [1.54, 1.807) is 18.2 Å². The molecule has 2 aromatic carbocycles. The molecule has 1 aromatic heterocycles. The number of nitrogens with one attached hydrogen (secondary N) is 1. The Bertz CT molecular complexity index is 1050. The summed E-state index contributed by atoms with van der Waals surface area (Å²) in [7, 11) is 1.45. The molecule has 0 unspecified atom stereocenters. The van der Waals surface area contributed by atoms with Crippen LogP contribution in [-0.2, 0) is 0 Å². The number of nitrogens with zero attached hydrogens (tertiary/aromatic N) is 1. The minimum Gasteiger partial charge on any atom is -0.493 e. The Morgan fingerprint density at radius 3 is 2.70 bits per heavy atom. The molecule has 2 amide bonds. The number of halogens is 1. The number of thiophene rings is 1. The minimum atomic E-state index is -0.774. The normalized spacial score (nSPS) is 10.9. The highest BCUT2D eigenvalue weighted by molar-refractivity contribution is 7.21. The summed E-state index contributed by atoms with van der Waals surface area (Å²) in [5, 5.41) is 4.83. The van der Waals surface area contributed by atoms with E-state index < -0.39 is 12.0 Å². The number of methoxy groups -OCH3 is 1. The van der Waals surface area contributed by atoms with Gasteiger partial charge in [-0.05, 0) is 29.8 Å². The van der Waals surface area contributed by atoms with Crippen LogP contribution in [-0.4, -0.2) is 25.3 Å². The van der Waals surface area contributed by atoms with Crippen LogP contribution in [0.25, 0.3) is 10.1 Å². The number of carbonyl (C=O) groups is 2. The molecule has 0 aliphatic rings. The third-order valence-electron chi connectivity index (χ3n) is 3.50. The molecule has 0 radical (unpaired) electrons. The molecule has 0 saturated carbocycles. The van der Waals surface area contributed by atoms with E-state index in [1.165, 1.54) is 24.7 Å². The molecule has 1 heterocycles. The van der Waals surface area contributed by atoms with Gasteiger partial charge in [0.2, 0.25) is 0 Å². The topological polar surface area (TPSA) is 103 Å². The van der Waals surface area contributed by atoms with Crippen LogP contribution in [0, 0.1) is 0 Å². The number of hydrogen-bond donors (Lipinski definition) is 2. The van der Waals surface area contributed by atoms with Crippen LogP contribution in [0.3, 0.4) is 0 Å². The molecule has 0 fully saturated rings. The summed E-state index contributed by atoms with van der Waals surface area (Å²) in [6.45, 7) is 0. The standard InChI is InChI=1S/C18H14ClN3O4S/c1-25-13-8-10(9-21-22-18(20)24)6-7-12(13)26-17(23)16-15(19)11-4-2-3-5-14(11)27-16/h2-9H,1H3,(H3,20,22,24)/b21-9+. The lowest BCUT2D eigenvalue weighted by Crippen LogP contribution is -2.24. The van der Waals surface area contributed by atoms with Crippen molar-refractivity contribution < 1.29 is 19.1 Å². The van der Waals surface area contributed by atoms with Gasteiger partial charge in [-0.2, -0.15) is 5.10 Å². The summed E-state index contributed by atoms with van der Waals surface area (Å²) >= 11 is 7.58. The van der Waals surface area contributed by atoms with Crippen molar-refractivity contribution in [3.05, 3.63) is 57.9 Å². The maximum Gasteiger partial charge on any atom is 0.355 e. The van der Waals surface area contributed by atoms with Gasteiger partial charge in [0.05, 0.1) is 18.3 Å². The number of ether oxygens (including phenoxy) is 2. The Hall–Kier alpha value is -3.10. The van der Waals surface area contributed by atoms with Crippen molar-refractivity contribution in [3.8, 4) is 11.5 Å². The van der Waals surface area contributed by atoms with Gasteiger partial charge in [-0.15, -0.1) is 11.3 Å². The monoisotopic (exact) mass is 403 g/mol. The van der Waals surface area contributed by atoms with Gasteiger partial charge < -0.3 is 15.2 Å². The molecule has 0 bridgehead atoms. The first kappa shape index (κ1) is 18.7. The van der Waals surface area contributed by atoms with E-state index in [2.05, 4.69) is 10.5 Å². The molecule has 0 atom stereocenters. The molecule has 0 spiro atoms. The van der Waals surface area contributed by atoms with Gasteiger partial charge in [-0.1, -0.05) is 29.8 Å². The Morgan fingerprint density at radius 1 is 1.22 bits per heavy atom. The molecule has 27 heavy (non-hydrogen) atoms. The molecular formula is C18H14ClN3O4S. The molecule has 7 nitrogen and oxygen atoms in total. The Balaban J connectivity index is 1.83. The zero-order chi connectivity index (χ0) is 19.4. The summed E-state index contributed by atoms with van der Waals surface area (Å²) in [5.41, 5.74) is 7.63. The highest BCUT2D eigenvalue weighted by atomic mass is 35.5. The van der Waals surface area contributed by atoms with Crippen LogP contribution in [0.5, 0.6) is 11.5 Å². The average molecular weight is 404 g/mol. The van der Waals surface area contributed by atoms with Crippen molar-refractivity contribution in [2.75, 3.05) is 7.11 Å². The first-order chi connectivity index (χ1) is 13.0. The molecule has 0 saturated heterocycles. The smallest absolute Gasteiger partial charge is 0.355 e. The predicted molar refractivity (Wildman–Crippen MR) is 105 cm³/mol. The van der Waals surface area contributed by atoms with Crippen LogP contribution >= 0.6 is 22.9 Å². The highest BCUT2D eigenvalue weighted by Crippen LogP contribution is 2.36. The second kappa shape index (κ2) is 8.07. The van der Waals surface area contributed by atoms with Crippen LogP contribution in [0.15, 0.2) is 47.6 Å². The van der Waals surface area contributed by atoms with Crippen molar-refractivity contribution in [2.45, 2.75) is 0 Å². The molecular weight excluding hydrogens is 390 g/mol. The van der Waals surface area contributed by atoms with Crippen molar-refractivity contribution in [1.29, 1.82) is 0 Å². The van der Waals surface area contributed by atoms with E-state index in [-0.39, 0.29) is 5.75 Å². The van der Waals surface area contributed by atoms with E-state index in [4.69, 9.17) is 26.8 Å². The van der Waals surface area contributed by atoms with Gasteiger partial charge >= 0.3 is 12.0 Å². The number of nitrogens with two attached hydrogens (primary N) is 1. The summed E-state index contributed by atoms with van der Waals surface area (Å²) in [4.78, 5) is 23.5. The number of fused-ring (bicyclic) bond motifs is 1. The Morgan fingerprint density at radius 2 is 2.00 bits per heavy atom. The number of primary amides is 1. The van der Waals surface area contributed by atoms with Crippen molar-refractivity contribution >= 4 is 51.2 Å². The molecule has 9 heteroatoms. The van der Waals surface area contributed by atoms with E-state index >= 15 is 0 Å². The van der Waals surface area contributed by atoms with Crippen LogP contribution in [0.4, 0.5) is 4.79 Å². The van der Waals surface area contributed by atoms with Gasteiger partial charge in [0, 0.05) is 10.1 Å². The highest BCUT2D eigenvalue weighted by Gasteiger charge is 2.20. The van der Waals surface area contributed by atoms with Crippen molar-refractivity contribution in [2.24, 2.45) is 10.8 Å². The molecule has 3 N–H and O–H groups in total. The number of amides is 2. The largest absolute Gasteiger partial charge is 0.493 e. The first-order valence-electron chi connectivity index (χ1n) is 7.65. The number of carbonyl (C=O) groups excluding carboxylic acids is 2. The zero-order valence-electron chi connectivity index (χ0n) is 14.1. The second-order valence-electron chi connectivity index (χ2n) is 5.28. The summed E-state index contributed by atoms with van der Waals surface area (Å²) in [5.74, 6) is -0.0176. The number of hydrazone groups is 1. The Labute approximate surface area is 163 Å². The number of urea groups is 1. The molecule has 0 aliphatic heterocycles. The zero-order valence-corrected chi connectivity index (χ0v) is 15.6. The Kier molecular flexibility index (Phi) is 5.58. The predicted octanol–water partition coefficient (Wildman–Crippen LogP) is 3.78. The van der Waals surface area contributed by atoms with Gasteiger partial charge in [0.15, 0.2) is 11.5 Å². The van der Waals surface area contributed by atoms with Crippen LogP contribution in [0.1, 0.15) is 15.2 Å². The molecule has 3 aromatic rings. The lowest BCUT2D eigenvalue weighted by Gasteiger charge is -2.09. The maximum atomic E-state index is 12.6. The van der Waals surface area contributed by atoms with E-state index in [0.717, 1.165) is 10.1 Å². The number of benzene rings is 2. The van der Waals surface area contributed by atoms with Crippen molar-refractivity contribution in [3.63, 3.8) is 0 Å². The molecule has 3 rings (SSSR count).